The molecule has 4 rings (SSSR count). The Morgan fingerprint density at radius 2 is 1.96 bits per heavy atom. The molecule has 0 aliphatic carbocycles. The summed E-state index contributed by atoms with van der Waals surface area (Å²) in [7, 11) is 0. The first kappa shape index (κ1) is 14.9. The predicted octanol–water partition coefficient (Wildman–Crippen LogP) is 4.02. The first-order chi connectivity index (χ1) is 11.7. The van der Waals surface area contributed by atoms with Gasteiger partial charge in [0.15, 0.2) is 0 Å². The number of aromatic nitrogens is 3. The van der Waals surface area contributed by atoms with E-state index in [1.165, 1.54) is 22.2 Å². The van der Waals surface area contributed by atoms with Crippen LogP contribution in [0, 0.1) is 11.8 Å². The van der Waals surface area contributed by atoms with Gasteiger partial charge in [0, 0.05) is 16.8 Å². The van der Waals surface area contributed by atoms with Crippen LogP contribution < -0.4 is 5.56 Å². The molecule has 0 fully saturated rings. The van der Waals surface area contributed by atoms with Crippen LogP contribution >= 0.6 is 22.9 Å². The van der Waals surface area contributed by atoms with E-state index in [0.717, 1.165) is 21.5 Å². The fourth-order valence-corrected chi connectivity index (χ4v) is 3.76. The lowest BCUT2D eigenvalue weighted by molar-refractivity contribution is 0.968. The van der Waals surface area contributed by atoms with Gasteiger partial charge in [0.25, 0.3) is 5.56 Å². The first-order valence-electron chi connectivity index (χ1n) is 7.16. The van der Waals surface area contributed by atoms with Gasteiger partial charge >= 0.3 is 0 Å². The van der Waals surface area contributed by atoms with Crippen LogP contribution in [0.15, 0.2) is 47.7 Å². The van der Waals surface area contributed by atoms with E-state index in [1.807, 2.05) is 6.07 Å². The minimum absolute atomic E-state index is 0.124. The lowest BCUT2D eigenvalue weighted by Gasteiger charge is -2.05. The van der Waals surface area contributed by atoms with Crippen LogP contribution in [0.25, 0.3) is 26.1 Å². The van der Waals surface area contributed by atoms with Gasteiger partial charge in [0.1, 0.15) is 15.9 Å². The molecule has 6 heteroatoms. The molecule has 24 heavy (non-hydrogen) atoms. The SMILES string of the molecule is CC#Cc1ccnc2sc3c(=O)n(-c4ccc(Cl)cc4)cnc3c12. The molecule has 0 bridgehead atoms. The average molecular weight is 352 g/mol. The van der Waals surface area contributed by atoms with Gasteiger partial charge in [-0.05, 0) is 37.3 Å². The summed E-state index contributed by atoms with van der Waals surface area (Å²) in [5, 5.41) is 1.46. The quantitative estimate of drug-likeness (QED) is 0.487. The number of pyridine rings is 1. The van der Waals surface area contributed by atoms with Gasteiger partial charge in [0.2, 0.25) is 0 Å². The maximum Gasteiger partial charge on any atom is 0.275 e. The zero-order valence-electron chi connectivity index (χ0n) is 12.6. The van der Waals surface area contributed by atoms with Crippen molar-refractivity contribution in [1.82, 2.24) is 14.5 Å². The molecular weight excluding hydrogens is 342 g/mol. The van der Waals surface area contributed by atoms with Crippen molar-refractivity contribution in [3.8, 4) is 17.5 Å². The van der Waals surface area contributed by atoms with Gasteiger partial charge in [-0.3, -0.25) is 9.36 Å². The van der Waals surface area contributed by atoms with Gasteiger partial charge < -0.3 is 0 Å². The van der Waals surface area contributed by atoms with Crippen molar-refractivity contribution in [1.29, 1.82) is 0 Å². The first-order valence-corrected chi connectivity index (χ1v) is 8.36. The average Bonchev–Trinajstić information content (AvgIpc) is 2.97. The minimum Gasteiger partial charge on any atom is -0.267 e. The molecule has 4 aromatic rings. The molecule has 0 radical (unpaired) electrons. The smallest absolute Gasteiger partial charge is 0.267 e. The molecule has 3 heterocycles. The number of fused-ring (bicyclic) bond motifs is 3. The van der Waals surface area contributed by atoms with Crippen LogP contribution in [0.5, 0.6) is 0 Å². The van der Waals surface area contributed by atoms with Gasteiger partial charge in [-0.2, -0.15) is 0 Å². The second kappa shape index (κ2) is 5.75. The second-order valence-electron chi connectivity index (χ2n) is 5.09. The van der Waals surface area contributed by atoms with Crippen LogP contribution in [-0.2, 0) is 0 Å². The van der Waals surface area contributed by atoms with Crippen molar-refractivity contribution in [2.45, 2.75) is 6.92 Å². The third kappa shape index (κ3) is 2.28. The zero-order valence-corrected chi connectivity index (χ0v) is 14.1. The van der Waals surface area contributed by atoms with E-state index >= 15 is 0 Å². The molecule has 1 aromatic carbocycles. The number of hydrogen-bond donors (Lipinski definition) is 0. The Bertz CT molecular complexity index is 1200. The maximum absolute atomic E-state index is 12.9. The van der Waals surface area contributed by atoms with Gasteiger partial charge in [-0.1, -0.05) is 17.5 Å². The summed E-state index contributed by atoms with van der Waals surface area (Å²) in [5.74, 6) is 5.94. The van der Waals surface area contributed by atoms with E-state index in [9.17, 15) is 4.79 Å². The lowest BCUT2D eigenvalue weighted by Crippen LogP contribution is -2.17. The Balaban J connectivity index is 2.05. The van der Waals surface area contributed by atoms with Crippen molar-refractivity contribution < 1.29 is 0 Å². The van der Waals surface area contributed by atoms with Crippen LogP contribution in [0.1, 0.15) is 12.5 Å². The van der Waals surface area contributed by atoms with Crippen molar-refractivity contribution in [2.24, 2.45) is 0 Å². The fraction of sp³-hybridized carbons (Fsp3) is 0.0556. The molecule has 0 spiro atoms. The third-order valence-electron chi connectivity index (χ3n) is 3.65. The fourth-order valence-electron chi connectivity index (χ4n) is 2.58. The number of hydrogen-bond acceptors (Lipinski definition) is 4. The zero-order chi connectivity index (χ0) is 16.7. The van der Waals surface area contributed by atoms with Crippen LogP contribution in [0.2, 0.25) is 5.02 Å². The molecule has 4 nitrogen and oxygen atoms in total. The minimum atomic E-state index is -0.124. The van der Waals surface area contributed by atoms with E-state index in [0.29, 0.717) is 15.2 Å². The van der Waals surface area contributed by atoms with E-state index in [-0.39, 0.29) is 5.56 Å². The van der Waals surface area contributed by atoms with Crippen LogP contribution in [0.3, 0.4) is 0 Å². The molecule has 0 atom stereocenters. The van der Waals surface area contributed by atoms with Gasteiger partial charge in [0.05, 0.1) is 16.6 Å². The molecule has 0 aliphatic rings. The summed E-state index contributed by atoms with van der Waals surface area (Å²) >= 11 is 7.25. The summed E-state index contributed by atoms with van der Waals surface area (Å²) in [6, 6.07) is 8.91. The molecule has 116 valence electrons. The highest BCUT2D eigenvalue weighted by molar-refractivity contribution is 7.25. The normalized spacial score (nSPS) is 10.8. The summed E-state index contributed by atoms with van der Waals surface area (Å²) in [4.78, 5) is 22.5. The van der Waals surface area contributed by atoms with Crippen molar-refractivity contribution in [3.63, 3.8) is 0 Å². The molecule has 0 aliphatic heterocycles. The highest BCUT2D eigenvalue weighted by Crippen LogP contribution is 2.31. The largest absolute Gasteiger partial charge is 0.275 e. The van der Waals surface area contributed by atoms with E-state index < -0.39 is 0 Å². The summed E-state index contributed by atoms with van der Waals surface area (Å²) < 4.78 is 2.08. The number of nitrogens with zero attached hydrogens (tertiary/aromatic N) is 3. The number of halogens is 1. The van der Waals surface area contributed by atoms with Crippen molar-refractivity contribution in [3.05, 3.63) is 63.8 Å². The Morgan fingerprint density at radius 3 is 2.71 bits per heavy atom. The number of thiophene rings is 1. The highest BCUT2D eigenvalue weighted by Gasteiger charge is 2.15. The summed E-state index contributed by atoms with van der Waals surface area (Å²) in [6.45, 7) is 1.78. The topological polar surface area (TPSA) is 47.8 Å². The maximum atomic E-state index is 12.9. The monoisotopic (exact) mass is 351 g/mol. The number of benzene rings is 1. The molecule has 3 aromatic heterocycles. The Labute approximate surface area is 146 Å². The van der Waals surface area contributed by atoms with Crippen LogP contribution in [0.4, 0.5) is 0 Å². The number of rotatable bonds is 1. The van der Waals surface area contributed by atoms with E-state index in [4.69, 9.17) is 11.6 Å². The van der Waals surface area contributed by atoms with Crippen molar-refractivity contribution in [2.75, 3.05) is 0 Å². The highest BCUT2D eigenvalue weighted by atomic mass is 35.5. The molecule has 0 N–H and O–H groups in total. The van der Waals surface area contributed by atoms with E-state index in [2.05, 4.69) is 21.8 Å². The Morgan fingerprint density at radius 1 is 1.17 bits per heavy atom. The molecule has 0 unspecified atom stereocenters. The second-order valence-corrected chi connectivity index (χ2v) is 6.53. The van der Waals surface area contributed by atoms with Gasteiger partial charge in [-0.25, -0.2) is 9.97 Å². The lowest BCUT2D eigenvalue weighted by atomic mass is 10.1. The Hall–Kier alpha value is -2.68. The molecule has 0 saturated heterocycles. The summed E-state index contributed by atoms with van der Waals surface area (Å²) in [6.07, 6.45) is 3.24. The molecule has 0 saturated carbocycles. The van der Waals surface area contributed by atoms with Crippen molar-refractivity contribution >= 4 is 43.4 Å². The van der Waals surface area contributed by atoms with E-state index in [1.54, 1.807) is 37.4 Å². The molecular formula is C18H10ClN3OS. The standard InChI is InChI=1S/C18H10ClN3OS/c1-2-3-11-8-9-20-17-14(11)15-16(24-17)18(23)22(10-21-15)13-6-4-12(19)5-7-13/h4-10H,1H3. The third-order valence-corrected chi connectivity index (χ3v) is 4.97. The molecule has 0 amide bonds. The van der Waals surface area contributed by atoms with Gasteiger partial charge in [-0.15, -0.1) is 17.3 Å². The Kier molecular flexibility index (Phi) is 3.57. The summed E-state index contributed by atoms with van der Waals surface area (Å²) in [5.41, 5.74) is 2.08. The predicted molar refractivity (Wildman–Crippen MR) is 98.1 cm³/mol. The van der Waals surface area contributed by atoms with Crippen LogP contribution in [-0.4, -0.2) is 14.5 Å².